The SMILES string of the molecule is N=S(=O)(CCCCNc1nc(Cl)ncc1I)c1cc(N)cc([N+](=O)[O-])c1. The molecule has 0 aliphatic carbocycles. The Morgan fingerprint density at radius 1 is 1.38 bits per heavy atom. The zero-order chi connectivity index (χ0) is 19.3. The number of rotatable bonds is 8. The van der Waals surface area contributed by atoms with Crippen LogP contribution in [0.4, 0.5) is 17.2 Å². The van der Waals surface area contributed by atoms with Crippen LogP contribution in [0.1, 0.15) is 12.8 Å². The first kappa shape index (κ1) is 20.6. The van der Waals surface area contributed by atoms with Crippen molar-refractivity contribution in [2.75, 3.05) is 23.3 Å². The minimum absolute atomic E-state index is 0.0780. The van der Waals surface area contributed by atoms with E-state index in [1.165, 1.54) is 12.1 Å². The van der Waals surface area contributed by atoms with Crippen molar-refractivity contribution in [3.8, 4) is 0 Å². The summed E-state index contributed by atoms with van der Waals surface area (Å²) >= 11 is 7.83. The summed E-state index contributed by atoms with van der Waals surface area (Å²) < 4.78 is 21.5. The number of nitro benzene ring substituents is 1. The van der Waals surface area contributed by atoms with Gasteiger partial charge in [0, 0.05) is 36.3 Å². The molecule has 0 saturated carbocycles. The number of hydrogen-bond acceptors (Lipinski definition) is 8. The van der Waals surface area contributed by atoms with E-state index in [0.29, 0.717) is 25.2 Å². The van der Waals surface area contributed by atoms with E-state index in [9.17, 15) is 14.3 Å². The number of nitrogens with two attached hydrogens (primary N) is 1. The average molecular weight is 511 g/mol. The standard InChI is InChI=1S/C14H16ClIN6O3S/c15-14-20-8-12(16)13(21-14)19-3-1-2-4-26(18,25)11-6-9(17)5-10(7-11)22(23)24/h5-8,18H,1-4,17H2,(H,19,20,21). The van der Waals surface area contributed by atoms with Gasteiger partial charge in [-0.25, -0.2) is 14.0 Å². The largest absolute Gasteiger partial charge is 0.398 e. The lowest BCUT2D eigenvalue weighted by molar-refractivity contribution is -0.385. The third-order valence-corrected chi connectivity index (χ3v) is 6.20. The number of non-ortho nitro benzene ring substituents is 1. The molecule has 0 aliphatic rings. The van der Waals surface area contributed by atoms with Gasteiger partial charge in [0.25, 0.3) is 5.69 Å². The summed E-state index contributed by atoms with van der Waals surface area (Å²) in [4.78, 5) is 18.3. The Hall–Kier alpha value is -1.73. The number of nitrogens with zero attached hydrogens (tertiary/aromatic N) is 3. The molecule has 1 unspecified atom stereocenters. The summed E-state index contributed by atoms with van der Waals surface area (Å²) in [5.41, 5.74) is 5.46. The Bertz CT molecular complexity index is 925. The number of anilines is 2. The Morgan fingerprint density at radius 2 is 2.12 bits per heavy atom. The van der Waals surface area contributed by atoms with Crippen LogP contribution in [0.5, 0.6) is 0 Å². The predicted molar refractivity (Wildman–Crippen MR) is 109 cm³/mol. The normalized spacial score (nSPS) is 13.2. The zero-order valence-electron chi connectivity index (χ0n) is 13.4. The van der Waals surface area contributed by atoms with Crippen LogP contribution in [0.3, 0.4) is 0 Å². The molecular formula is C14H16ClIN6O3S. The van der Waals surface area contributed by atoms with Gasteiger partial charge in [0.1, 0.15) is 5.82 Å². The minimum atomic E-state index is -3.16. The van der Waals surface area contributed by atoms with Crippen LogP contribution >= 0.6 is 34.2 Å². The first-order valence-corrected chi connectivity index (χ1v) is 10.6. The fourth-order valence-electron chi connectivity index (χ4n) is 2.13. The maximum absolute atomic E-state index is 12.6. The first-order valence-electron chi connectivity index (χ1n) is 7.42. The van der Waals surface area contributed by atoms with Crippen LogP contribution in [0.25, 0.3) is 0 Å². The number of hydrogen-bond donors (Lipinski definition) is 3. The second kappa shape index (κ2) is 8.77. The molecule has 1 aromatic carbocycles. The summed E-state index contributed by atoms with van der Waals surface area (Å²) in [5.74, 6) is 0.695. The number of nitrogen functional groups attached to an aromatic ring is 1. The highest BCUT2D eigenvalue weighted by Crippen LogP contribution is 2.24. The topological polar surface area (TPSA) is 148 Å². The second-order valence-electron chi connectivity index (χ2n) is 5.37. The molecule has 0 saturated heterocycles. The molecule has 1 heterocycles. The number of aromatic nitrogens is 2. The smallest absolute Gasteiger partial charge is 0.272 e. The van der Waals surface area contributed by atoms with E-state index in [1.807, 2.05) is 0 Å². The highest BCUT2D eigenvalue weighted by Gasteiger charge is 2.16. The molecular weight excluding hydrogens is 495 g/mol. The van der Waals surface area contributed by atoms with Crippen LogP contribution < -0.4 is 11.1 Å². The van der Waals surface area contributed by atoms with E-state index in [4.69, 9.17) is 22.1 Å². The third kappa shape index (κ3) is 5.64. The van der Waals surface area contributed by atoms with E-state index in [1.54, 1.807) is 6.20 Å². The Kier molecular flexibility index (Phi) is 6.94. The lowest BCUT2D eigenvalue weighted by Crippen LogP contribution is -2.10. The van der Waals surface area contributed by atoms with E-state index < -0.39 is 14.7 Å². The Labute approximate surface area is 169 Å². The summed E-state index contributed by atoms with van der Waals surface area (Å²) in [6, 6.07) is 3.68. The van der Waals surface area contributed by atoms with Crippen molar-refractivity contribution >= 4 is 61.1 Å². The van der Waals surface area contributed by atoms with Crippen molar-refractivity contribution in [1.82, 2.24) is 9.97 Å². The van der Waals surface area contributed by atoms with Gasteiger partial charge in [0.2, 0.25) is 5.28 Å². The predicted octanol–water partition coefficient (Wildman–Crippen LogP) is 3.52. The van der Waals surface area contributed by atoms with E-state index >= 15 is 0 Å². The molecule has 4 N–H and O–H groups in total. The van der Waals surface area contributed by atoms with E-state index in [-0.39, 0.29) is 27.3 Å². The van der Waals surface area contributed by atoms with Gasteiger partial charge in [-0.3, -0.25) is 10.1 Å². The van der Waals surface area contributed by atoms with Crippen LogP contribution in [0, 0.1) is 18.5 Å². The van der Waals surface area contributed by atoms with Crippen LogP contribution in [-0.2, 0) is 9.73 Å². The summed E-state index contributed by atoms with van der Waals surface area (Å²) in [6.07, 6.45) is 2.73. The molecule has 1 atom stereocenters. The summed E-state index contributed by atoms with van der Waals surface area (Å²) in [5, 5.41) is 14.1. The molecule has 140 valence electrons. The first-order chi connectivity index (χ1) is 12.2. The lowest BCUT2D eigenvalue weighted by atomic mass is 10.3. The third-order valence-electron chi connectivity index (χ3n) is 3.37. The molecule has 0 aliphatic heterocycles. The summed E-state index contributed by atoms with van der Waals surface area (Å²) in [7, 11) is -3.16. The lowest BCUT2D eigenvalue weighted by Gasteiger charge is -2.10. The molecule has 26 heavy (non-hydrogen) atoms. The van der Waals surface area contributed by atoms with Crippen LogP contribution in [0.15, 0.2) is 29.3 Å². The fourth-order valence-corrected chi connectivity index (χ4v) is 4.19. The van der Waals surface area contributed by atoms with Crippen molar-refractivity contribution in [3.05, 3.63) is 43.4 Å². The van der Waals surface area contributed by atoms with Gasteiger partial charge in [-0.05, 0) is 53.1 Å². The Morgan fingerprint density at radius 3 is 2.81 bits per heavy atom. The molecule has 9 nitrogen and oxygen atoms in total. The minimum Gasteiger partial charge on any atom is -0.398 e. The van der Waals surface area contributed by atoms with Crippen molar-refractivity contribution in [2.45, 2.75) is 17.7 Å². The maximum atomic E-state index is 12.6. The van der Waals surface area contributed by atoms with Gasteiger partial charge in [-0.15, -0.1) is 0 Å². The average Bonchev–Trinajstić information content (AvgIpc) is 2.57. The van der Waals surface area contributed by atoms with Crippen molar-refractivity contribution in [1.29, 1.82) is 4.78 Å². The number of nitro groups is 1. The van der Waals surface area contributed by atoms with Crippen LogP contribution in [-0.4, -0.2) is 31.4 Å². The van der Waals surface area contributed by atoms with Gasteiger partial charge in [0.15, 0.2) is 0 Å². The van der Waals surface area contributed by atoms with E-state index in [2.05, 4.69) is 37.9 Å². The maximum Gasteiger partial charge on any atom is 0.272 e. The fraction of sp³-hybridized carbons (Fsp3) is 0.286. The zero-order valence-corrected chi connectivity index (χ0v) is 17.2. The molecule has 12 heteroatoms. The van der Waals surface area contributed by atoms with Gasteiger partial charge in [0.05, 0.1) is 23.1 Å². The molecule has 0 fully saturated rings. The molecule has 2 aromatic rings. The van der Waals surface area contributed by atoms with Crippen molar-refractivity contribution in [2.24, 2.45) is 0 Å². The molecule has 0 spiro atoms. The quantitative estimate of drug-likeness (QED) is 0.123. The molecule has 0 bridgehead atoms. The number of unbranched alkanes of at least 4 members (excludes halogenated alkanes) is 1. The number of benzene rings is 1. The van der Waals surface area contributed by atoms with Gasteiger partial charge in [-0.1, -0.05) is 0 Å². The number of halogens is 2. The van der Waals surface area contributed by atoms with Gasteiger partial charge >= 0.3 is 0 Å². The van der Waals surface area contributed by atoms with Gasteiger partial charge < -0.3 is 11.1 Å². The molecule has 1 aromatic heterocycles. The number of nitrogens with one attached hydrogen (secondary N) is 2. The monoisotopic (exact) mass is 510 g/mol. The van der Waals surface area contributed by atoms with Gasteiger partial charge in [-0.2, -0.15) is 4.98 Å². The molecule has 0 amide bonds. The van der Waals surface area contributed by atoms with Crippen molar-refractivity contribution < 1.29 is 9.13 Å². The Balaban J connectivity index is 1.92. The van der Waals surface area contributed by atoms with E-state index in [0.717, 1.165) is 9.64 Å². The van der Waals surface area contributed by atoms with Crippen LogP contribution in [0.2, 0.25) is 5.28 Å². The molecule has 2 rings (SSSR count). The van der Waals surface area contributed by atoms with Crippen molar-refractivity contribution in [3.63, 3.8) is 0 Å². The highest BCUT2D eigenvalue weighted by atomic mass is 127. The highest BCUT2D eigenvalue weighted by molar-refractivity contribution is 14.1. The molecule has 0 radical (unpaired) electrons. The second-order valence-corrected chi connectivity index (χ2v) is 9.10. The summed E-state index contributed by atoms with van der Waals surface area (Å²) in [6.45, 7) is 0.552.